The van der Waals surface area contributed by atoms with Gasteiger partial charge in [0.25, 0.3) is 5.91 Å². The van der Waals surface area contributed by atoms with E-state index in [4.69, 9.17) is 4.74 Å². The number of anilines is 1. The highest BCUT2D eigenvalue weighted by atomic mass is 32.2. The van der Waals surface area contributed by atoms with Gasteiger partial charge in [0.2, 0.25) is 5.44 Å². The van der Waals surface area contributed by atoms with E-state index >= 15 is 0 Å². The molecule has 0 bridgehead atoms. The highest BCUT2D eigenvalue weighted by Gasteiger charge is 2.38. The van der Waals surface area contributed by atoms with E-state index in [1.54, 1.807) is 20.8 Å². The molecule has 0 spiro atoms. The summed E-state index contributed by atoms with van der Waals surface area (Å²) in [5.74, 6) is -0.517. The standard InChI is InChI=1S/C14H16F3N3O3S/c1-13(2,3)19-12(22)23-11-10(21)20(7-24-11)8-4-5-18-9(6-8)14(15,16)17/h4-6,11H,7H2,1-3H3,(H,19,22). The minimum atomic E-state index is -4.60. The first-order chi connectivity index (χ1) is 11.0. The van der Waals surface area contributed by atoms with Crippen molar-refractivity contribution >= 4 is 29.4 Å². The van der Waals surface area contributed by atoms with E-state index in [0.717, 1.165) is 28.9 Å². The van der Waals surface area contributed by atoms with Crippen molar-refractivity contribution in [3.05, 3.63) is 24.0 Å². The van der Waals surface area contributed by atoms with Crippen LogP contribution in [0.3, 0.4) is 0 Å². The summed E-state index contributed by atoms with van der Waals surface area (Å²) in [6.45, 7) is 5.25. The van der Waals surface area contributed by atoms with Gasteiger partial charge in [-0.1, -0.05) is 11.8 Å². The number of alkyl halides is 3. The molecular formula is C14H16F3N3O3S. The molecule has 2 amide bonds. The molecule has 1 saturated heterocycles. The van der Waals surface area contributed by atoms with Crippen molar-refractivity contribution in [3.8, 4) is 0 Å². The summed E-state index contributed by atoms with van der Waals surface area (Å²) in [6, 6.07) is 2.08. The molecule has 0 aromatic carbocycles. The topological polar surface area (TPSA) is 71.5 Å². The number of rotatable bonds is 2. The first kappa shape index (κ1) is 18.4. The summed E-state index contributed by atoms with van der Waals surface area (Å²) in [6.07, 6.45) is -4.38. The van der Waals surface area contributed by atoms with Gasteiger partial charge in [-0.05, 0) is 32.9 Å². The number of thioether (sulfide) groups is 1. The number of pyridine rings is 1. The van der Waals surface area contributed by atoms with E-state index in [9.17, 15) is 22.8 Å². The van der Waals surface area contributed by atoms with Crippen LogP contribution >= 0.6 is 11.8 Å². The van der Waals surface area contributed by atoms with Crippen molar-refractivity contribution in [2.24, 2.45) is 0 Å². The second-order valence-electron chi connectivity index (χ2n) is 6.07. The maximum atomic E-state index is 12.7. The molecule has 2 rings (SSSR count). The van der Waals surface area contributed by atoms with Crippen molar-refractivity contribution < 1.29 is 27.5 Å². The second-order valence-corrected chi connectivity index (χ2v) is 7.09. The minimum absolute atomic E-state index is 0.0529. The summed E-state index contributed by atoms with van der Waals surface area (Å²) in [5.41, 5.74) is -2.67. The maximum absolute atomic E-state index is 12.7. The number of nitrogens with zero attached hydrogens (tertiary/aromatic N) is 2. The maximum Gasteiger partial charge on any atom is 0.433 e. The van der Waals surface area contributed by atoms with Crippen LogP contribution in [-0.4, -0.2) is 33.8 Å². The lowest BCUT2D eigenvalue weighted by molar-refractivity contribution is -0.141. The molecular weight excluding hydrogens is 347 g/mol. The van der Waals surface area contributed by atoms with Gasteiger partial charge in [0.15, 0.2) is 0 Å². The van der Waals surface area contributed by atoms with Crippen LogP contribution in [-0.2, 0) is 15.7 Å². The van der Waals surface area contributed by atoms with E-state index in [2.05, 4.69) is 10.3 Å². The van der Waals surface area contributed by atoms with E-state index < -0.39 is 34.8 Å². The summed E-state index contributed by atoms with van der Waals surface area (Å²) < 4.78 is 43.2. The summed E-state index contributed by atoms with van der Waals surface area (Å²) in [5, 5.41) is 2.55. The van der Waals surface area contributed by atoms with Crippen molar-refractivity contribution in [1.29, 1.82) is 0 Å². The van der Waals surface area contributed by atoms with Crippen molar-refractivity contribution in [2.75, 3.05) is 10.8 Å². The van der Waals surface area contributed by atoms with Crippen molar-refractivity contribution in [3.63, 3.8) is 0 Å². The van der Waals surface area contributed by atoms with E-state index in [0.29, 0.717) is 0 Å². The minimum Gasteiger partial charge on any atom is -0.425 e. The quantitative estimate of drug-likeness (QED) is 0.875. The number of carbonyl (C=O) groups excluding carboxylic acids is 2. The number of carbonyl (C=O) groups is 2. The number of hydrogen-bond acceptors (Lipinski definition) is 5. The largest absolute Gasteiger partial charge is 0.433 e. The molecule has 24 heavy (non-hydrogen) atoms. The third-order valence-corrected chi connectivity index (χ3v) is 3.87. The van der Waals surface area contributed by atoms with Gasteiger partial charge in [-0.25, -0.2) is 4.79 Å². The highest BCUT2D eigenvalue weighted by molar-refractivity contribution is 8.01. The Hall–Kier alpha value is -1.97. The predicted molar refractivity (Wildman–Crippen MR) is 82.3 cm³/mol. The van der Waals surface area contributed by atoms with Crippen molar-refractivity contribution in [1.82, 2.24) is 10.3 Å². The molecule has 1 aliphatic rings. The summed E-state index contributed by atoms with van der Waals surface area (Å²) in [4.78, 5) is 28.4. The van der Waals surface area contributed by atoms with Crippen LogP contribution in [0.4, 0.5) is 23.7 Å². The molecule has 1 atom stereocenters. The van der Waals surface area contributed by atoms with Gasteiger partial charge in [-0.3, -0.25) is 14.7 Å². The van der Waals surface area contributed by atoms with Crippen LogP contribution in [0.2, 0.25) is 0 Å². The fraction of sp³-hybridized carbons (Fsp3) is 0.500. The zero-order valence-corrected chi connectivity index (χ0v) is 14.0. The third-order valence-electron chi connectivity index (χ3n) is 2.86. The zero-order valence-electron chi connectivity index (χ0n) is 13.2. The monoisotopic (exact) mass is 363 g/mol. The Morgan fingerprint density at radius 2 is 2.08 bits per heavy atom. The Morgan fingerprint density at radius 3 is 2.67 bits per heavy atom. The van der Waals surface area contributed by atoms with Crippen LogP contribution in [0.5, 0.6) is 0 Å². The first-order valence-electron chi connectivity index (χ1n) is 6.92. The Kier molecular flexibility index (Phi) is 4.97. The van der Waals surface area contributed by atoms with E-state index in [1.165, 1.54) is 6.07 Å². The van der Waals surface area contributed by atoms with Gasteiger partial charge < -0.3 is 10.1 Å². The van der Waals surface area contributed by atoms with Crippen molar-refractivity contribution in [2.45, 2.75) is 37.9 Å². The lowest BCUT2D eigenvalue weighted by Crippen LogP contribution is -2.43. The molecule has 1 aliphatic heterocycles. The average Bonchev–Trinajstić information content (AvgIpc) is 2.77. The molecule has 2 heterocycles. The molecule has 10 heteroatoms. The van der Waals surface area contributed by atoms with Gasteiger partial charge in [0.1, 0.15) is 5.69 Å². The number of ether oxygens (including phenoxy) is 1. The first-order valence-corrected chi connectivity index (χ1v) is 7.97. The Labute approximate surface area is 140 Å². The number of halogens is 3. The fourth-order valence-corrected chi connectivity index (χ4v) is 2.85. The summed E-state index contributed by atoms with van der Waals surface area (Å²) >= 11 is 1.01. The highest BCUT2D eigenvalue weighted by Crippen LogP contribution is 2.33. The molecule has 0 radical (unpaired) electrons. The molecule has 1 N–H and O–H groups in total. The van der Waals surface area contributed by atoms with Gasteiger partial charge in [-0.15, -0.1) is 0 Å². The third kappa shape index (κ3) is 4.53. The molecule has 6 nitrogen and oxygen atoms in total. The van der Waals surface area contributed by atoms with Crippen LogP contribution in [0.15, 0.2) is 18.3 Å². The normalized spacial score (nSPS) is 18.7. The molecule has 0 aliphatic carbocycles. The molecule has 1 aromatic heterocycles. The molecule has 1 unspecified atom stereocenters. The lowest BCUT2D eigenvalue weighted by atomic mass is 10.1. The zero-order chi connectivity index (χ0) is 18.1. The molecule has 0 saturated carbocycles. The smallest absolute Gasteiger partial charge is 0.425 e. The Bertz CT molecular complexity index is 646. The van der Waals surface area contributed by atoms with E-state index in [1.807, 2.05) is 0 Å². The number of nitrogens with one attached hydrogen (secondary N) is 1. The second kappa shape index (κ2) is 6.50. The van der Waals surface area contributed by atoms with Crippen LogP contribution < -0.4 is 10.2 Å². The molecule has 1 aromatic rings. The average molecular weight is 363 g/mol. The SMILES string of the molecule is CC(C)(C)NC(=O)OC1SCN(c2ccnc(C(F)(F)F)c2)C1=O. The van der Waals surface area contributed by atoms with E-state index in [-0.39, 0.29) is 11.6 Å². The number of alkyl carbamates (subject to hydrolysis) is 1. The Morgan fingerprint density at radius 1 is 1.42 bits per heavy atom. The predicted octanol–water partition coefficient (Wildman–Crippen LogP) is 2.99. The number of hydrogen-bond donors (Lipinski definition) is 1. The van der Waals surface area contributed by atoms with Crippen LogP contribution in [0.1, 0.15) is 26.5 Å². The van der Waals surface area contributed by atoms with Gasteiger partial charge >= 0.3 is 12.3 Å². The molecule has 1 fully saturated rings. The fourth-order valence-electron chi connectivity index (χ4n) is 1.87. The van der Waals surface area contributed by atoms with Gasteiger partial charge in [-0.2, -0.15) is 13.2 Å². The number of aromatic nitrogens is 1. The van der Waals surface area contributed by atoms with Gasteiger partial charge in [0.05, 0.1) is 5.88 Å². The van der Waals surface area contributed by atoms with Crippen LogP contribution in [0.25, 0.3) is 0 Å². The Balaban J connectivity index is 2.08. The lowest BCUT2D eigenvalue weighted by Gasteiger charge is -2.21. The number of amides is 2. The molecule has 132 valence electrons. The van der Waals surface area contributed by atoms with Crippen LogP contribution in [0, 0.1) is 0 Å². The van der Waals surface area contributed by atoms with Gasteiger partial charge in [0, 0.05) is 17.4 Å². The summed E-state index contributed by atoms with van der Waals surface area (Å²) in [7, 11) is 0.